The SMILES string of the molecule is [c]1nn2nc(-c3ccccc3)cc2[nH]1. The summed E-state index contributed by atoms with van der Waals surface area (Å²) in [7, 11) is 0. The molecule has 1 radical (unpaired) electrons. The van der Waals surface area contributed by atoms with Crippen LogP contribution in [0.4, 0.5) is 0 Å². The number of H-pyrrole nitrogens is 1. The predicted molar refractivity (Wildman–Crippen MR) is 51.6 cm³/mol. The number of aromatic amines is 1. The van der Waals surface area contributed by atoms with Gasteiger partial charge in [-0.1, -0.05) is 30.3 Å². The molecule has 0 saturated carbocycles. The molecule has 1 N–H and O–H groups in total. The number of hydrogen-bond acceptors (Lipinski definition) is 2. The van der Waals surface area contributed by atoms with Crippen molar-refractivity contribution in [2.75, 3.05) is 0 Å². The van der Waals surface area contributed by atoms with E-state index in [4.69, 9.17) is 0 Å². The van der Waals surface area contributed by atoms with Crippen LogP contribution in [0.3, 0.4) is 0 Å². The molecule has 14 heavy (non-hydrogen) atoms. The van der Waals surface area contributed by atoms with Crippen molar-refractivity contribution in [1.29, 1.82) is 0 Å². The molecule has 0 fully saturated rings. The number of aromatic nitrogens is 4. The normalized spacial score (nSPS) is 10.9. The van der Waals surface area contributed by atoms with Gasteiger partial charge in [0, 0.05) is 11.6 Å². The third-order valence-corrected chi connectivity index (χ3v) is 2.09. The van der Waals surface area contributed by atoms with Crippen LogP contribution >= 0.6 is 0 Å². The van der Waals surface area contributed by atoms with E-state index < -0.39 is 0 Å². The highest BCUT2D eigenvalue weighted by Crippen LogP contribution is 2.17. The van der Waals surface area contributed by atoms with Crippen LogP contribution in [-0.4, -0.2) is 19.8 Å². The summed E-state index contributed by atoms with van der Waals surface area (Å²) in [5.41, 5.74) is 2.86. The monoisotopic (exact) mass is 183 g/mol. The lowest BCUT2D eigenvalue weighted by atomic mass is 10.2. The Balaban J connectivity index is 2.19. The fourth-order valence-electron chi connectivity index (χ4n) is 1.41. The van der Waals surface area contributed by atoms with Crippen molar-refractivity contribution >= 4 is 5.65 Å². The fourth-order valence-corrected chi connectivity index (χ4v) is 1.41. The zero-order valence-electron chi connectivity index (χ0n) is 7.31. The molecule has 0 saturated heterocycles. The first kappa shape index (κ1) is 7.32. The molecule has 2 aromatic heterocycles. The number of fused-ring (bicyclic) bond motifs is 1. The minimum Gasteiger partial charge on any atom is -0.319 e. The maximum absolute atomic E-state index is 4.29. The van der Waals surface area contributed by atoms with Gasteiger partial charge in [0.25, 0.3) is 0 Å². The minimum absolute atomic E-state index is 0.851. The smallest absolute Gasteiger partial charge is 0.199 e. The van der Waals surface area contributed by atoms with Gasteiger partial charge < -0.3 is 4.98 Å². The largest absolute Gasteiger partial charge is 0.319 e. The number of nitrogens with zero attached hydrogens (tertiary/aromatic N) is 3. The van der Waals surface area contributed by atoms with Gasteiger partial charge in [-0.25, -0.2) is 0 Å². The zero-order valence-corrected chi connectivity index (χ0v) is 7.31. The number of hydrogen-bond donors (Lipinski definition) is 1. The molecular weight excluding hydrogens is 176 g/mol. The molecule has 0 aliphatic carbocycles. The molecule has 0 aliphatic heterocycles. The molecule has 1 aromatic carbocycles. The van der Waals surface area contributed by atoms with Crippen LogP contribution in [0.25, 0.3) is 16.9 Å². The molecule has 0 unspecified atom stereocenters. The van der Waals surface area contributed by atoms with Gasteiger partial charge in [0.05, 0.1) is 5.69 Å². The third-order valence-electron chi connectivity index (χ3n) is 2.09. The number of benzene rings is 1. The molecule has 0 spiro atoms. The first-order valence-electron chi connectivity index (χ1n) is 4.31. The van der Waals surface area contributed by atoms with Gasteiger partial charge in [0.2, 0.25) is 0 Å². The topological polar surface area (TPSA) is 46.0 Å². The zero-order chi connectivity index (χ0) is 9.38. The van der Waals surface area contributed by atoms with Crippen LogP contribution in [-0.2, 0) is 0 Å². The number of rotatable bonds is 1. The van der Waals surface area contributed by atoms with E-state index in [0.717, 1.165) is 16.9 Å². The standard InChI is InChI=1S/C10H7N4/c1-2-4-8(5-3-1)9-6-10-11-7-12-14(10)13-9/h1-6H,(H,11,12). The van der Waals surface area contributed by atoms with Crippen molar-refractivity contribution in [1.82, 2.24) is 19.8 Å². The lowest BCUT2D eigenvalue weighted by Crippen LogP contribution is -1.85. The molecule has 3 rings (SSSR count). The summed E-state index contributed by atoms with van der Waals surface area (Å²) in [4.78, 5) is 2.87. The van der Waals surface area contributed by atoms with Crippen molar-refractivity contribution in [2.24, 2.45) is 0 Å². The van der Waals surface area contributed by atoms with Crippen LogP contribution in [0.2, 0.25) is 0 Å². The van der Waals surface area contributed by atoms with Crippen molar-refractivity contribution in [3.8, 4) is 11.3 Å². The van der Waals surface area contributed by atoms with E-state index in [1.54, 1.807) is 0 Å². The van der Waals surface area contributed by atoms with Crippen LogP contribution in [0.1, 0.15) is 0 Å². The van der Waals surface area contributed by atoms with E-state index in [2.05, 4.69) is 21.5 Å². The molecule has 0 bridgehead atoms. The lowest BCUT2D eigenvalue weighted by Gasteiger charge is -1.92. The van der Waals surface area contributed by atoms with Gasteiger partial charge >= 0.3 is 0 Å². The van der Waals surface area contributed by atoms with Gasteiger partial charge in [0.15, 0.2) is 12.0 Å². The predicted octanol–water partition coefficient (Wildman–Crippen LogP) is 1.52. The highest BCUT2D eigenvalue weighted by Gasteiger charge is 2.04. The van der Waals surface area contributed by atoms with E-state index in [1.807, 2.05) is 36.4 Å². The summed E-state index contributed by atoms with van der Waals surface area (Å²) >= 11 is 0. The van der Waals surface area contributed by atoms with E-state index in [1.165, 1.54) is 4.63 Å². The van der Waals surface area contributed by atoms with Crippen molar-refractivity contribution in [2.45, 2.75) is 0 Å². The van der Waals surface area contributed by atoms with E-state index in [-0.39, 0.29) is 0 Å². The molecule has 0 aliphatic rings. The highest BCUT2D eigenvalue weighted by atomic mass is 15.4. The minimum atomic E-state index is 0.851. The number of nitrogens with one attached hydrogen (secondary N) is 1. The molecule has 4 nitrogen and oxygen atoms in total. The Morgan fingerprint density at radius 1 is 1.21 bits per heavy atom. The van der Waals surface area contributed by atoms with Gasteiger partial charge in [-0.15, -0.1) is 14.8 Å². The summed E-state index contributed by atoms with van der Waals surface area (Å²) < 4.78 is 1.53. The van der Waals surface area contributed by atoms with Gasteiger partial charge in [-0.3, -0.25) is 0 Å². The average molecular weight is 183 g/mol. The third kappa shape index (κ3) is 1.01. The first-order chi connectivity index (χ1) is 6.93. The van der Waals surface area contributed by atoms with Crippen LogP contribution in [0.5, 0.6) is 0 Å². The fraction of sp³-hybridized carbons (Fsp3) is 0. The van der Waals surface area contributed by atoms with Crippen molar-refractivity contribution < 1.29 is 0 Å². The van der Waals surface area contributed by atoms with Crippen LogP contribution in [0, 0.1) is 6.33 Å². The molecule has 2 heterocycles. The van der Waals surface area contributed by atoms with E-state index in [0.29, 0.717) is 0 Å². The van der Waals surface area contributed by atoms with Gasteiger partial charge in [-0.05, 0) is 0 Å². The van der Waals surface area contributed by atoms with Crippen molar-refractivity contribution in [3.05, 3.63) is 42.7 Å². The molecule has 0 atom stereocenters. The summed E-state index contributed by atoms with van der Waals surface area (Å²) in [6, 6.07) is 11.9. The van der Waals surface area contributed by atoms with Gasteiger partial charge in [-0.2, -0.15) is 0 Å². The molecular formula is C10H7N4. The second kappa shape index (κ2) is 2.70. The van der Waals surface area contributed by atoms with Crippen LogP contribution in [0.15, 0.2) is 36.4 Å². The summed E-state index contributed by atoms with van der Waals surface area (Å²) in [5, 5.41) is 8.18. The summed E-state index contributed by atoms with van der Waals surface area (Å²) in [5.74, 6) is 0. The highest BCUT2D eigenvalue weighted by molar-refractivity contribution is 5.63. The Hall–Kier alpha value is -2.10. The summed E-state index contributed by atoms with van der Waals surface area (Å²) in [6.45, 7) is 0. The Bertz CT molecular complexity index is 521. The Morgan fingerprint density at radius 3 is 2.86 bits per heavy atom. The lowest BCUT2D eigenvalue weighted by molar-refractivity contribution is 0.822. The Labute approximate surface area is 80.2 Å². The van der Waals surface area contributed by atoms with E-state index >= 15 is 0 Å². The van der Waals surface area contributed by atoms with Gasteiger partial charge in [0.1, 0.15) is 0 Å². The maximum Gasteiger partial charge on any atom is 0.199 e. The molecule has 3 aromatic rings. The summed E-state index contributed by atoms with van der Waals surface area (Å²) in [6.07, 6.45) is 2.62. The maximum atomic E-state index is 4.29. The molecule has 4 heteroatoms. The Kier molecular flexibility index (Phi) is 1.41. The quantitative estimate of drug-likeness (QED) is 0.621. The van der Waals surface area contributed by atoms with Crippen molar-refractivity contribution in [3.63, 3.8) is 0 Å². The van der Waals surface area contributed by atoms with E-state index in [9.17, 15) is 0 Å². The first-order valence-corrected chi connectivity index (χ1v) is 4.31. The Morgan fingerprint density at radius 2 is 2.07 bits per heavy atom. The average Bonchev–Trinajstić information content (AvgIpc) is 2.78. The molecule has 67 valence electrons. The van der Waals surface area contributed by atoms with Crippen LogP contribution < -0.4 is 0 Å². The second-order valence-corrected chi connectivity index (χ2v) is 3.01. The molecule has 0 amide bonds. The second-order valence-electron chi connectivity index (χ2n) is 3.01.